The molecule has 3 aliphatic carbocycles. The molecule has 0 amide bonds. The van der Waals surface area contributed by atoms with Gasteiger partial charge in [0.15, 0.2) is 0 Å². The van der Waals surface area contributed by atoms with Crippen molar-refractivity contribution in [3.8, 4) is 0 Å². The first kappa shape index (κ1) is 21.4. The van der Waals surface area contributed by atoms with Crippen molar-refractivity contribution < 1.29 is 4.39 Å². The van der Waals surface area contributed by atoms with Gasteiger partial charge in [-0.15, -0.1) is 0 Å². The van der Waals surface area contributed by atoms with E-state index in [1.54, 1.807) is 12.1 Å². The van der Waals surface area contributed by atoms with E-state index in [4.69, 9.17) is 0 Å². The molecule has 1 heteroatoms. The zero-order valence-corrected chi connectivity index (χ0v) is 18.8. The molecular formula is C28H43F. The molecule has 162 valence electrons. The average molecular weight is 399 g/mol. The molecule has 0 heterocycles. The second-order valence-corrected chi connectivity index (χ2v) is 10.9. The number of hydrogen-bond acceptors (Lipinski definition) is 0. The Morgan fingerprint density at radius 2 is 1.38 bits per heavy atom. The van der Waals surface area contributed by atoms with Crippen LogP contribution in [0.1, 0.15) is 115 Å². The summed E-state index contributed by atoms with van der Waals surface area (Å²) in [5.41, 5.74) is 1.36. The van der Waals surface area contributed by atoms with Gasteiger partial charge in [0.05, 0.1) is 0 Å². The molecule has 0 N–H and O–H groups in total. The van der Waals surface area contributed by atoms with E-state index in [0.717, 1.165) is 29.6 Å². The fourth-order valence-corrected chi connectivity index (χ4v) is 7.10. The predicted octanol–water partition coefficient (Wildman–Crippen LogP) is 8.90. The molecule has 1 aromatic rings. The van der Waals surface area contributed by atoms with Gasteiger partial charge in [0, 0.05) is 0 Å². The molecule has 0 radical (unpaired) electrons. The quantitative estimate of drug-likeness (QED) is 0.430. The maximum Gasteiger partial charge on any atom is 0.123 e. The highest BCUT2D eigenvalue weighted by Crippen LogP contribution is 2.44. The summed E-state index contributed by atoms with van der Waals surface area (Å²) in [4.78, 5) is 0. The van der Waals surface area contributed by atoms with E-state index in [0.29, 0.717) is 5.92 Å². The molecule has 1 aromatic carbocycles. The third-order valence-corrected chi connectivity index (χ3v) is 9.15. The van der Waals surface area contributed by atoms with E-state index in [-0.39, 0.29) is 5.82 Å². The summed E-state index contributed by atoms with van der Waals surface area (Å²) >= 11 is 0. The molecule has 0 saturated heterocycles. The lowest BCUT2D eigenvalue weighted by molar-refractivity contribution is 0.154. The van der Waals surface area contributed by atoms with Crippen LogP contribution in [0.4, 0.5) is 4.39 Å². The van der Waals surface area contributed by atoms with Crippen LogP contribution >= 0.6 is 0 Å². The van der Waals surface area contributed by atoms with E-state index in [9.17, 15) is 4.39 Å². The Hall–Kier alpha value is -0.850. The predicted molar refractivity (Wildman–Crippen MR) is 122 cm³/mol. The van der Waals surface area contributed by atoms with Crippen LogP contribution in [0.2, 0.25) is 0 Å². The minimum absolute atomic E-state index is 0.104. The second-order valence-electron chi connectivity index (χ2n) is 10.9. The third kappa shape index (κ3) is 5.86. The molecule has 0 bridgehead atoms. The Balaban J connectivity index is 1.12. The van der Waals surface area contributed by atoms with Crippen molar-refractivity contribution in [1.82, 2.24) is 0 Å². The minimum Gasteiger partial charge on any atom is -0.207 e. The van der Waals surface area contributed by atoms with Crippen LogP contribution in [-0.4, -0.2) is 0 Å². The Morgan fingerprint density at radius 3 is 2.00 bits per heavy atom. The summed E-state index contributed by atoms with van der Waals surface area (Å²) in [6.07, 6.45) is 21.9. The maximum atomic E-state index is 13.2. The van der Waals surface area contributed by atoms with Crippen LogP contribution in [0.5, 0.6) is 0 Å². The molecule has 3 saturated carbocycles. The molecule has 0 spiro atoms. The molecule has 3 fully saturated rings. The van der Waals surface area contributed by atoms with Crippen molar-refractivity contribution in [2.45, 2.75) is 109 Å². The van der Waals surface area contributed by atoms with Crippen molar-refractivity contribution in [1.29, 1.82) is 0 Å². The van der Waals surface area contributed by atoms with Crippen LogP contribution in [0, 0.1) is 35.4 Å². The van der Waals surface area contributed by atoms with Gasteiger partial charge in [0.25, 0.3) is 0 Å². The molecule has 4 rings (SSSR count). The minimum atomic E-state index is -0.104. The summed E-state index contributed by atoms with van der Waals surface area (Å²) < 4.78 is 13.2. The van der Waals surface area contributed by atoms with Crippen molar-refractivity contribution in [3.63, 3.8) is 0 Å². The highest BCUT2D eigenvalue weighted by Gasteiger charge is 2.31. The maximum absolute atomic E-state index is 13.2. The average Bonchev–Trinajstić information content (AvgIpc) is 3.30. The number of rotatable bonds is 7. The summed E-state index contributed by atoms with van der Waals surface area (Å²) in [5.74, 6) is 5.59. The fourth-order valence-electron chi connectivity index (χ4n) is 7.10. The lowest BCUT2D eigenvalue weighted by atomic mass is 9.68. The largest absolute Gasteiger partial charge is 0.207 e. The highest BCUT2D eigenvalue weighted by atomic mass is 19.1. The molecule has 1 atom stereocenters. The standard InChI is InChI=1S/C28H43F/c1-21(23-7-2-3-8-23)5-4-6-22-9-11-24(12-10-22)25-13-15-26(16-14-25)27-17-19-28(29)20-18-27/h17-26H,2-16H2,1H3. The number of hydrogen-bond donors (Lipinski definition) is 0. The van der Waals surface area contributed by atoms with Gasteiger partial charge in [-0.3, -0.25) is 0 Å². The van der Waals surface area contributed by atoms with Crippen molar-refractivity contribution in [2.24, 2.45) is 29.6 Å². The molecule has 1 unspecified atom stereocenters. The van der Waals surface area contributed by atoms with Gasteiger partial charge in [-0.05, 0) is 91.7 Å². The number of benzene rings is 1. The zero-order chi connectivity index (χ0) is 20.1. The van der Waals surface area contributed by atoms with Gasteiger partial charge in [0.1, 0.15) is 5.82 Å². The van der Waals surface area contributed by atoms with Crippen molar-refractivity contribution in [3.05, 3.63) is 35.6 Å². The highest BCUT2D eigenvalue weighted by molar-refractivity contribution is 5.21. The normalized spacial score (nSPS) is 32.3. The van der Waals surface area contributed by atoms with Crippen molar-refractivity contribution >= 4 is 0 Å². The van der Waals surface area contributed by atoms with Crippen LogP contribution in [-0.2, 0) is 0 Å². The van der Waals surface area contributed by atoms with Gasteiger partial charge in [0.2, 0.25) is 0 Å². The first-order valence-electron chi connectivity index (χ1n) is 12.9. The molecule has 29 heavy (non-hydrogen) atoms. The first-order valence-corrected chi connectivity index (χ1v) is 12.9. The Kier molecular flexibility index (Phi) is 7.71. The molecule has 0 aliphatic heterocycles. The van der Waals surface area contributed by atoms with Gasteiger partial charge in [-0.2, -0.15) is 0 Å². The van der Waals surface area contributed by atoms with Crippen LogP contribution in [0.15, 0.2) is 24.3 Å². The fraction of sp³-hybridized carbons (Fsp3) is 0.786. The van der Waals surface area contributed by atoms with Gasteiger partial charge in [-0.25, -0.2) is 4.39 Å². The third-order valence-electron chi connectivity index (χ3n) is 9.15. The topological polar surface area (TPSA) is 0 Å². The molecular weight excluding hydrogens is 355 g/mol. The zero-order valence-electron chi connectivity index (χ0n) is 18.8. The summed E-state index contributed by atoms with van der Waals surface area (Å²) in [6, 6.07) is 7.30. The number of halogens is 1. The molecule has 0 nitrogen and oxygen atoms in total. The smallest absolute Gasteiger partial charge is 0.123 e. The lowest BCUT2D eigenvalue weighted by Gasteiger charge is -2.38. The summed E-state index contributed by atoms with van der Waals surface area (Å²) in [5, 5.41) is 0. The van der Waals surface area contributed by atoms with E-state index in [2.05, 4.69) is 6.92 Å². The molecule has 3 aliphatic rings. The van der Waals surface area contributed by atoms with E-state index < -0.39 is 0 Å². The SMILES string of the molecule is CC(CCCC1CCC(C2CCC(c3ccc(F)cc3)CC2)CC1)C1CCCC1. The van der Waals surface area contributed by atoms with Gasteiger partial charge < -0.3 is 0 Å². The van der Waals surface area contributed by atoms with E-state index in [1.807, 2.05) is 12.1 Å². The van der Waals surface area contributed by atoms with Gasteiger partial charge >= 0.3 is 0 Å². The Morgan fingerprint density at radius 1 is 0.793 bits per heavy atom. The second kappa shape index (κ2) is 10.5. The van der Waals surface area contributed by atoms with Crippen molar-refractivity contribution in [2.75, 3.05) is 0 Å². The van der Waals surface area contributed by atoms with E-state index >= 15 is 0 Å². The molecule has 0 aromatic heterocycles. The lowest BCUT2D eigenvalue weighted by Crippen LogP contribution is -2.25. The van der Waals surface area contributed by atoms with E-state index in [1.165, 1.54) is 102 Å². The first-order chi connectivity index (χ1) is 14.2. The summed E-state index contributed by atoms with van der Waals surface area (Å²) in [7, 11) is 0. The monoisotopic (exact) mass is 398 g/mol. The van der Waals surface area contributed by atoms with Crippen LogP contribution in [0.25, 0.3) is 0 Å². The van der Waals surface area contributed by atoms with Crippen LogP contribution < -0.4 is 0 Å². The summed E-state index contributed by atoms with van der Waals surface area (Å²) in [6.45, 7) is 2.52. The Labute approximate surface area is 179 Å². The Bertz CT molecular complexity index is 583. The van der Waals surface area contributed by atoms with Crippen LogP contribution in [0.3, 0.4) is 0 Å². The van der Waals surface area contributed by atoms with Gasteiger partial charge in [-0.1, -0.05) is 76.8 Å².